The predicted molar refractivity (Wildman–Crippen MR) is 111 cm³/mol. The standard InChI is InChI=1S/C21H24FN7/c22-19-5-7-20(8-6-19)27-9-11-28(12-10-27)21(23)25-13-17-1-3-18(4-2-17)14-29-16-24-15-26-29/h1-8,15-16H,9-14H2,(H2,23,25). The Morgan fingerprint density at radius 1 is 0.966 bits per heavy atom. The lowest BCUT2D eigenvalue weighted by molar-refractivity contribution is 0.380. The van der Waals surface area contributed by atoms with Gasteiger partial charge in [-0.3, -0.25) is 0 Å². The maximum absolute atomic E-state index is 13.1. The maximum atomic E-state index is 13.1. The van der Waals surface area contributed by atoms with Crippen molar-refractivity contribution in [2.45, 2.75) is 13.1 Å². The number of aromatic nitrogens is 3. The highest BCUT2D eigenvalue weighted by Crippen LogP contribution is 2.17. The van der Waals surface area contributed by atoms with Crippen LogP contribution in [0, 0.1) is 5.82 Å². The van der Waals surface area contributed by atoms with Gasteiger partial charge in [-0.25, -0.2) is 19.0 Å². The number of benzene rings is 2. The Kier molecular flexibility index (Phi) is 5.69. The number of anilines is 1. The van der Waals surface area contributed by atoms with Crippen LogP contribution >= 0.6 is 0 Å². The van der Waals surface area contributed by atoms with Gasteiger partial charge in [-0.2, -0.15) is 5.10 Å². The van der Waals surface area contributed by atoms with Gasteiger partial charge < -0.3 is 15.5 Å². The van der Waals surface area contributed by atoms with Crippen LogP contribution < -0.4 is 10.6 Å². The monoisotopic (exact) mass is 393 g/mol. The third kappa shape index (κ3) is 4.90. The summed E-state index contributed by atoms with van der Waals surface area (Å²) >= 11 is 0. The van der Waals surface area contributed by atoms with Gasteiger partial charge in [0, 0.05) is 31.9 Å². The fourth-order valence-corrected chi connectivity index (χ4v) is 3.37. The molecule has 29 heavy (non-hydrogen) atoms. The van der Waals surface area contributed by atoms with E-state index in [2.05, 4.69) is 49.1 Å². The van der Waals surface area contributed by atoms with Gasteiger partial charge >= 0.3 is 0 Å². The van der Waals surface area contributed by atoms with E-state index in [0.29, 0.717) is 19.0 Å². The molecule has 0 saturated carbocycles. The van der Waals surface area contributed by atoms with Crippen molar-refractivity contribution in [3.63, 3.8) is 0 Å². The fraction of sp³-hybridized carbons (Fsp3) is 0.286. The highest BCUT2D eigenvalue weighted by atomic mass is 19.1. The molecule has 1 aliphatic heterocycles. The fourth-order valence-electron chi connectivity index (χ4n) is 3.37. The number of aliphatic imine (C=N–C) groups is 1. The first kappa shape index (κ1) is 18.9. The Morgan fingerprint density at radius 3 is 2.31 bits per heavy atom. The molecule has 1 fully saturated rings. The van der Waals surface area contributed by atoms with Crippen LogP contribution in [0.1, 0.15) is 11.1 Å². The first-order valence-electron chi connectivity index (χ1n) is 9.63. The molecular weight excluding hydrogens is 369 g/mol. The van der Waals surface area contributed by atoms with Gasteiger partial charge in [0.25, 0.3) is 0 Å². The minimum atomic E-state index is -0.213. The summed E-state index contributed by atoms with van der Waals surface area (Å²) in [5, 5.41) is 4.12. The van der Waals surface area contributed by atoms with Crippen molar-refractivity contribution in [3.8, 4) is 0 Å². The Bertz CT molecular complexity index is 928. The number of halogens is 1. The normalized spacial score (nSPS) is 15.0. The zero-order valence-electron chi connectivity index (χ0n) is 16.2. The van der Waals surface area contributed by atoms with Crippen molar-refractivity contribution in [1.29, 1.82) is 0 Å². The molecule has 0 amide bonds. The van der Waals surface area contributed by atoms with Gasteiger partial charge in [-0.15, -0.1) is 0 Å². The lowest BCUT2D eigenvalue weighted by Gasteiger charge is -2.36. The van der Waals surface area contributed by atoms with Crippen LogP contribution in [0.4, 0.5) is 10.1 Å². The van der Waals surface area contributed by atoms with Crippen molar-refractivity contribution >= 4 is 11.6 Å². The second-order valence-electron chi connectivity index (χ2n) is 7.03. The lowest BCUT2D eigenvalue weighted by atomic mass is 10.1. The SMILES string of the molecule is NC(=NCc1ccc(Cn2cncn2)cc1)N1CCN(c2ccc(F)cc2)CC1. The molecule has 2 N–H and O–H groups in total. The van der Waals surface area contributed by atoms with Crippen molar-refractivity contribution in [1.82, 2.24) is 19.7 Å². The van der Waals surface area contributed by atoms with Gasteiger partial charge in [0.2, 0.25) is 0 Å². The van der Waals surface area contributed by atoms with E-state index < -0.39 is 0 Å². The summed E-state index contributed by atoms with van der Waals surface area (Å²) in [6.45, 7) is 4.50. The number of nitrogens with zero attached hydrogens (tertiary/aromatic N) is 6. The number of rotatable bonds is 5. The first-order chi connectivity index (χ1) is 14.2. The van der Waals surface area contributed by atoms with Crippen LogP contribution in [0.3, 0.4) is 0 Å². The van der Waals surface area contributed by atoms with E-state index in [4.69, 9.17) is 5.73 Å². The van der Waals surface area contributed by atoms with Gasteiger partial charge in [0.15, 0.2) is 5.96 Å². The van der Waals surface area contributed by atoms with E-state index in [1.54, 1.807) is 11.0 Å². The van der Waals surface area contributed by atoms with Crippen molar-refractivity contribution < 1.29 is 4.39 Å². The summed E-state index contributed by atoms with van der Waals surface area (Å²) in [5.74, 6) is 0.352. The highest BCUT2D eigenvalue weighted by molar-refractivity contribution is 5.78. The van der Waals surface area contributed by atoms with Gasteiger partial charge in [0.1, 0.15) is 18.5 Å². The molecule has 0 unspecified atom stereocenters. The Hall–Kier alpha value is -3.42. The summed E-state index contributed by atoms with van der Waals surface area (Å²) in [6, 6.07) is 14.9. The molecular formula is C21H24FN7. The molecule has 0 spiro atoms. The maximum Gasteiger partial charge on any atom is 0.191 e. The van der Waals surface area contributed by atoms with Crippen molar-refractivity contribution in [3.05, 3.63) is 78.1 Å². The Morgan fingerprint density at radius 2 is 1.66 bits per heavy atom. The summed E-state index contributed by atoms with van der Waals surface area (Å²) in [5.41, 5.74) is 9.52. The second-order valence-corrected chi connectivity index (χ2v) is 7.03. The van der Waals surface area contributed by atoms with E-state index in [9.17, 15) is 4.39 Å². The number of hydrogen-bond acceptors (Lipinski definition) is 4. The lowest BCUT2D eigenvalue weighted by Crippen LogP contribution is -2.51. The van der Waals surface area contributed by atoms with Crippen molar-refractivity contribution in [2.24, 2.45) is 10.7 Å². The molecule has 0 aliphatic carbocycles. The molecule has 0 radical (unpaired) electrons. The predicted octanol–water partition coefficient (Wildman–Crippen LogP) is 2.10. The quantitative estimate of drug-likeness (QED) is 0.531. The Balaban J connectivity index is 1.28. The van der Waals surface area contributed by atoms with Gasteiger partial charge in [0.05, 0.1) is 13.1 Å². The summed E-state index contributed by atoms with van der Waals surface area (Å²) in [6.07, 6.45) is 3.24. The third-order valence-electron chi connectivity index (χ3n) is 5.05. The third-order valence-corrected chi connectivity index (χ3v) is 5.05. The first-order valence-corrected chi connectivity index (χ1v) is 9.63. The highest BCUT2D eigenvalue weighted by Gasteiger charge is 2.18. The smallest absolute Gasteiger partial charge is 0.191 e. The molecule has 7 nitrogen and oxygen atoms in total. The Labute approximate surface area is 169 Å². The summed E-state index contributed by atoms with van der Waals surface area (Å²) < 4.78 is 14.9. The topological polar surface area (TPSA) is 75.6 Å². The minimum absolute atomic E-state index is 0.213. The molecule has 3 aromatic rings. The van der Waals surface area contributed by atoms with Crippen molar-refractivity contribution in [2.75, 3.05) is 31.1 Å². The van der Waals surface area contributed by atoms with E-state index in [1.807, 2.05) is 12.1 Å². The number of hydrogen-bond donors (Lipinski definition) is 1. The average Bonchev–Trinajstić information content (AvgIpc) is 3.27. The number of guanidine groups is 1. The van der Waals surface area contributed by atoms with Crippen LogP contribution in [0.2, 0.25) is 0 Å². The second kappa shape index (κ2) is 8.72. The molecule has 4 rings (SSSR count). The molecule has 1 aliphatic rings. The minimum Gasteiger partial charge on any atom is -0.370 e. The summed E-state index contributed by atoms with van der Waals surface area (Å²) in [4.78, 5) is 12.8. The molecule has 0 atom stereocenters. The van der Waals surface area contributed by atoms with E-state index in [-0.39, 0.29) is 5.82 Å². The molecule has 2 heterocycles. The largest absolute Gasteiger partial charge is 0.370 e. The zero-order valence-corrected chi connectivity index (χ0v) is 16.2. The molecule has 8 heteroatoms. The van der Waals surface area contributed by atoms with Crippen LogP contribution in [0.25, 0.3) is 0 Å². The van der Waals surface area contributed by atoms with Crippen LogP contribution in [-0.2, 0) is 13.1 Å². The van der Waals surface area contributed by atoms with E-state index >= 15 is 0 Å². The molecule has 2 aromatic carbocycles. The molecule has 1 aromatic heterocycles. The number of piperazine rings is 1. The average molecular weight is 393 g/mol. The van der Waals surface area contributed by atoms with E-state index in [0.717, 1.165) is 43.0 Å². The van der Waals surface area contributed by atoms with Crippen LogP contribution in [-0.4, -0.2) is 51.8 Å². The van der Waals surface area contributed by atoms with Crippen LogP contribution in [0.5, 0.6) is 0 Å². The molecule has 1 saturated heterocycles. The van der Waals surface area contributed by atoms with E-state index in [1.165, 1.54) is 18.5 Å². The summed E-state index contributed by atoms with van der Waals surface area (Å²) in [7, 11) is 0. The molecule has 0 bridgehead atoms. The van der Waals surface area contributed by atoms with Gasteiger partial charge in [-0.05, 0) is 35.4 Å². The zero-order chi connectivity index (χ0) is 20.1. The van der Waals surface area contributed by atoms with Crippen LogP contribution in [0.15, 0.2) is 66.2 Å². The molecule has 150 valence electrons. The van der Waals surface area contributed by atoms with Gasteiger partial charge in [-0.1, -0.05) is 24.3 Å². The number of nitrogens with two attached hydrogens (primary N) is 1.